The molecular weight excluding hydrogens is 288 g/mol. The van der Waals surface area contributed by atoms with Crippen LogP contribution in [0.5, 0.6) is 0 Å². The highest BCUT2D eigenvalue weighted by Gasteiger charge is 2.30. The Morgan fingerprint density at radius 1 is 0.625 bits per heavy atom. The van der Waals surface area contributed by atoms with Crippen LogP contribution in [0.15, 0.2) is 0 Å². The molecule has 144 valence electrons. The van der Waals surface area contributed by atoms with Crippen LogP contribution in [0.2, 0.25) is 0 Å². The Hall–Kier alpha value is 0. The highest BCUT2D eigenvalue weighted by molar-refractivity contribution is 4.83. The average molecular weight is 337 g/mol. The van der Waals surface area contributed by atoms with E-state index in [1.54, 1.807) is 0 Å². The molecule has 0 aliphatic heterocycles. The van der Waals surface area contributed by atoms with Gasteiger partial charge in [-0.3, -0.25) is 0 Å². The van der Waals surface area contributed by atoms with Crippen molar-refractivity contribution >= 4 is 0 Å². The van der Waals surface area contributed by atoms with Gasteiger partial charge in [0.25, 0.3) is 0 Å². The second-order valence-corrected chi connectivity index (χ2v) is 9.28. The van der Waals surface area contributed by atoms with Crippen LogP contribution in [0.4, 0.5) is 0 Å². The largest absolute Gasteiger partial charge is 0.0654 e. The van der Waals surface area contributed by atoms with E-state index in [9.17, 15) is 0 Å². The predicted octanol–water partition coefficient (Wildman–Crippen LogP) is 9.07. The molecule has 0 spiro atoms. The van der Waals surface area contributed by atoms with Gasteiger partial charge in [0.2, 0.25) is 0 Å². The Balaban J connectivity index is 2.02. The van der Waals surface area contributed by atoms with Gasteiger partial charge in [-0.05, 0) is 37.0 Å². The van der Waals surface area contributed by atoms with Crippen molar-refractivity contribution < 1.29 is 0 Å². The summed E-state index contributed by atoms with van der Waals surface area (Å²) in [7, 11) is 0. The molecule has 0 radical (unpaired) electrons. The molecule has 0 aromatic carbocycles. The van der Waals surface area contributed by atoms with Crippen LogP contribution in [-0.4, -0.2) is 0 Å². The number of unbranched alkanes of at least 4 members (excludes halogenated alkanes) is 10. The van der Waals surface area contributed by atoms with E-state index < -0.39 is 0 Å². The lowest BCUT2D eigenvalue weighted by atomic mass is 9.67. The molecule has 0 heterocycles. The summed E-state index contributed by atoms with van der Waals surface area (Å²) in [5, 5.41) is 0. The summed E-state index contributed by atoms with van der Waals surface area (Å²) in [6.45, 7) is 7.11. The summed E-state index contributed by atoms with van der Waals surface area (Å²) in [6, 6.07) is 0. The monoisotopic (exact) mass is 336 g/mol. The number of hydrogen-bond donors (Lipinski definition) is 0. The van der Waals surface area contributed by atoms with Crippen LogP contribution in [0, 0.1) is 11.3 Å². The Morgan fingerprint density at radius 2 is 1.12 bits per heavy atom. The normalized spacial score (nSPS) is 17.5. The lowest BCUT2D eigenvalue weighted by molar-refractivity contribution is 0.141. The SMILES string of the molecule is CCCCCCCCCCCCCC1(CCC(C)C)CCCCC1. The summed E-state index contributed by atoms with van der Waals surface area (Å²) in [5.74, 6) is 0.890. The smallest absolute Gasteiger partial charge is 0.0297 e. The fourth-order valence-electron chi connectivity index (χ4n) is 4.69. The quantitative estimate of drug-likeness (QED) is 0.261. The minimum Gasteiger partial charge on any atom is -0.0654 e. The maximum Gasteiger partial charge on any atom is -0.0297 e. The van der Waals surface area contributed by atoms with Crippen molar-refractivity contribution in [2.75, 3.05) is 0 Å². The van der Waals surface area contributed by atoms with Gasteiger partial charge < -0.3 is 0 Å². The Morgan fingerprint density at radius 3 is 1.62 bits per heavy atom. The van der Waals surface area contributed by atoms with E-state index >= 15 is 0 Å². The first-order chi connectivity index (χ1) is 11.7. The fourth-order valence-corrected chi connectivity index (χ4v) is 4.69. The van der Waals surface area contributed by atoms with Gasteiger partial charge in [-0.25, -0.2) is 0 Å². The molecule has 0 saturated heterocycles. The van der Waals surface area contributed by atoms with Crippen LogP contribution in [0.3, 0.4) is 0 Å². The van der Waals surface area contributed by atoms with Crippen LogP contribution in [-0.2, 0) is 0 Å². The summed E-state index contributed by atoms with van der Waals surface area (Å²) >= 11 is 0. The van der Waals surface area contributed by atoms with Gasteiger partial charge in [0, 0.05) is 0 Å². The molecule has 0 amide bonds. The second-order valence-electron chi connectivity index (χ2n) is 9.28. The van der Waals surface area contributed by atoms with Crippen molar-refractivity contribution in [1.29, 1.82) is 0 Å². The van der Waals surface area contributed by atoms with Gasteiger partial charge in [0.1, 0.15) is 0 Å². The van der Waals surface area contributed by atoms with Crippen molar-refractivity contribution in [1.82, 2.24) is 0 Å². The molecule has 1 fully saturated rings. The molecule has 0 nitrogen and oxygen atoms in total. The lowest BCUT2D eigenvalue weighted by Gasteiger charge is -2.38. The van der Waals surface area contributed by atoms with Crippen LogP contribution in [0.1, 0.15) is 143 Å². The minimum absolute atomic E-state index is 0.752. The van der Waals surface area contributed by atoms with Crippen LogP contribution in [0.25, 0.3) is 0 Å². The summed E-state index contributed by atoms with van der Waals surface area (Å²) in [4.78, 5) is 0. The van der Waals surface area contributed by atoms with E-state index in [4.69, 9.17) is 0 Å². The Kier molecular flexibility index (Phi) is 13.0. The number of rotatable bonds is 15. The maximum absolute atomic E-state index is 2.40. The van der Waals surface area contributed by atoms with Crippen molar-refractivity contribution in [3.63, 3.8) is 0 Å². The van der Waals surface area contributed by atoms with E-state index in [2.05, 4.69) is 20.8 Å². The Labute approximate surface area is 154 Å². The van der Waals surface area contributed by atoms with Gasteiger partial charge in [0.05, 0.1) is 0 Å². The molecule has 1 aliphatic carbocycles. The molecule has 1 aliphatic rings. The second kappa shape index (κ2) is 14.2. The highest BCUT2D eigenvalue weighted by Crippen LogP contribution is 2.45. The third-order valence-corrected chi connectivity index (χ3v) is 6.48. The summed E-state index contributed by atoms with van der Waals surface area (Å²) < 4.78 is 0. The molecule has 0 bridgehead atoms. The molecule has 0 aromatic rings. The third kappa shape index (κ3) is 10.8. The molecule has 0 atom stereocenters. The van der Waals surface area contributed by atoms with Crippen molar-refractivity contribution in [3.05, 3.63) is 0 Å². The zero-order chi connectivity index (χ0) is 17.5. The highest BCUT2D eigenvalue weighted by atomic mass is 14.4. The van der Waals surface area contributed by atoms with E-state index in [1.807, 2.05) is 0 Å². The Bertz CT molecular complexity index is 259. The first kappa shape index (κ1) is 22.0. The van der Waals surface area contributed by atoms with Crippen molar-refractivity contribution in [3.8, 4) is 0 Å². The zero-order valence-electron chi connectivity index (χ0n) is 17.5. The molecule has 24 heavy (non-hydrogen) atoms. The van der Waals surface area contributed by atoms with E-state index in [0.29, 0.717) is 0 Å². The summed E-state index contributed by atoms with van der Waals surface area (Å²) in [6.07, 6.45) is 28.3. The van der Waals surface area contributed by atoms with E-state index in [0.717, 1.165) is 11.3 Å². The standard InChI is InChI=1S/C24H48/c1-4-5-6-7-8-9-10-11-12-13-15-19-24(22-18-23(2)3)20-16-14-17-21-24/h23H,4-22H2,1-3H3. The lowest BCUT2D eigenvalue weighted by Crippen LogP contribution is -2.24. The van der Waals surface area contributed by atoms with Crippen molar-refractivity contribution in [2.45, 2.75) is 143 Å². The average Bonchev–Trinajstić information content (AvgIpc) is 2.59. The molecule has 0 N–H and O–H groups in total. The van der Waals surface area contributed by atoms with Gasteiger partial charge in [-0.1, -0.05) is 117 Å². The predicted molar refractivity (Wildman–Crippen MR) is 111 cm³/mol. The molecule has 1 saturated carbocycles. The molecule has 1 rings (SSSR count). The van der Waals surface area contributed by atoms with Gasteiger partial charge in [0.15, 0.2) is 0 Å². The van der Waals surface area contributed by atoms with Gasteiger partial charge >= 0.3 is 0 Å². The summed E-state index contributed by atoms with van der Waals surface area (Å²) in [5.41, 5.74) is 0.752. The first-order valence-electron chi connectivity index (χ1n) is 11.7. The third-order valence-electron chi connectivity index (χ3n) is 6.48. The first-order valence-corrected chi connectivity index (χ1v) is 11.7. The molecule has 0 heteroatoms. The number of hydrogen-bond acceptors (Lipinski definition) is 0. The topological polar surface area (TPSA) is 0 Å². The van der Waals surface area contributed by atoms with Gasteiger partial charge in [-0.15, -0.1) is 0 Å². The molecule has 0 unspecified atom stereocenters. The zero-order valence-corrected chi connectivity index (χ0v) is 17.5. The van der Waals surface area contributed by atoms with E-state index in [1.165, 1.54) is 122 Å². The van der Waals surface area contributed by atoms with E-state index in [-0.39, 0.29) is 0 Å². The van der Waals surface area contributed by atoms with Crippen LogP contribution < -0.4 is 0 Å². The molecular formula is C24H48. The van der Waals surface area contributed by atoms with Crippen LogP contribution >= 0.6 is 0 Å². The molecule has 0 aromatic heterocycles. The minimum atomic E-state index is 0.752. The fraction of sp³-hybridized carbons (Fsp3) is 1.00. The maximum atomic E-state index is 2.40. The van der Waals surface area contributed by atoms with Crippen molar-refractivity contribution in [2.24, 2.45) is 11.3 Å². The van der Waals surface area contributed by atoms with Gasteiger partial charge in [-0.2, -0.15) is 0 Å².